The van der Waals surface area contributed by atoms with Crippen molar-refractivity contribution in [1.82, 2.24) is 19.1 Å². The summed E-state index contributed by atoms with van der Waals surface area (Å²) < 4.78 is 6.30. The Morgan fingerprint density at radius 3 is 2.00 bits per heavy atom. The highest BCUT2D eigenvalue weighted by atomic mass is 32.1. The van der Waals surface area contributed by atoms with Crippen LogP contribution >= 0.6 is 11.3 Å². The summed E-state index contributed by atoms with van der Waals surface area (Å²) in [6, 6.07) is 49.2. The molecular weight excluding hydrogens is 597 g/mol. The fourth-order valence-corrected chi connectivity index (χ4v) is 8.28. The van der Waals surface area contributed by atoms with Gasteiger partial charge in [0, 0.05) is 47.6 Å². The smallest absolute Gasteiger partial charge is 0.265 e. The quantitative estimate of drug-likeness (QED) is 0.198. The monoisotopic (exact) mass is 620 g/mol. The first-order chi connectivity index (χ1) is 23.3. The number of aromatic nitrogens is 4. The maximum absolute atomic E-state index is 15.1. The van der Waals surface area contributed by atoms with Gasteiger partial charge >= 0.3 is 0 Å². The number of para-hydroxylation sites is 3. The average Bonchev–Trinajstić information content (AvgIpc) is 3.68. The predicted octanol–water partition coefficient (Wildman–Crippen LogP) is 10.1. The lowest BCUT2D eigenvalue weighted by molar-refractivity contribution is 1.01. The molecule has 47 heavy (non-hydrogen) atoms. The van der Waals surface area contributed by atoms with E-state index in [0.717, 1.165) is 70.6 Å². The fourth-order valence-electron chi connectivity index (χ4n) is 7.17. The summed E-state index contributed by atoms with van der Waals surface area (Å²) in [5, 5.41) is 5.74. The first-order valence-electron chi connectivity index (χ1n) is 15.6. The largest absolute Gasteiger partial charge is 0.277 e. The maximum Gasteiger partial charge on any atom is 0.265 e. The lowest BCUT2D eigenvalue weighted by Crippen LogP contribution is -2.19. The first-order valence-corrected chi connectivity index (χ1v) is 16.4. The number of benzene rings is 6. The molecule has 0 amide bonds. The van der Waals surface area contributed by atoms with Gasteiger partial charge in [0.15, 0.2) is 0 Å². The van der Waals surface area contributed by atoms with Gasteiger partial charge in [-0.05, 0) is 42.5 Å². The standard InChI is InChI=1S/C41H24N4OS/c46-40-37-36-32(23-24-34-35(36)29-19-9-12-22-33(29)47-34)45(39(37)28-18-8-11-21-31(28)44(40)26-15-5-2-6-16-26)41-42-30-20-10-7-17-27(30)38(43-41)25-13-3-1-4-14-25/h1-24H. The Morgan fingerprint density at radius 1 is 0.489 bits per heavy atom. The van der Waals surface area contributed by atoms with E-state index in [4.69, 9.17) is 9.97 Å². The van der Waals surface area contributed by atoms with E-state index in [0.29, 0.717) is 11.3 Å². The average molecular weight is 621 g/mol. The molecule has 0 aliphatic heterocycles. The molecule has 220 valence electrons. The summed E-state index contributed by atoms with van der Waals surface area (Å²) in [5.41, 5.74) is 6.00. The van der Waals surface area contributed by atoms with E-state index in [1.807, 2.05) is 89.5 Å². The zero-order valence-corrected chi connectivity index (χ0v) is 25.8. The van der Waals surface area contributed by atoms with Crippen LogP contribution in [0.3, 0.4) is 0 Å². The maximum atomic E-state index is 15.1. The summed E-state index contributed by atoms with van der Waals surface area (Å²) in [4.78, 5) is 25.6. The molecular formula is C41H24N4OS. The number of fused-ring (bicyclic) bond motifs is 10. The fraction of sp³-hybridized carbons (Fsp3) is 0. The number of hydrogen-bond donors (Lipinski definition) is 0. The van der Waals surface area contributed by atoms with Gasteiger partial charge in [0.25, 0.3) is 5.56 Å². The van der Waals surface area contributed by atoms with E-state index in [1.54, 1.807) is 11.3 Å². The van der Waals surface area contributed by atoms with Crippen LogP contribution in [0.15, 0.2) is 150 Å². The van der Waals surface area contributed by atoms with E-state index in [2.05, 4.69) is 65.2 Å². The highest BCUT2D eigenvalue weighted by Crippen LogP contribution is 2.44. The van der Waals surface area contributed by atoms with Crippen molar-refractivity contribution in [3.63, 3.8) is 0 Å². The first kappa shape index (κ1) is 26.1. The van der Waals surface area contributed by atoms with Crippen LogP contribution in [0.1, 0.15) is 0 Å². The van der Waals surface area contributed by atoms with Gasteiger partial charge < -0.3 is 0 Å². The summed E-state index contributed by atoms with van der Waals surface area (Å²) >= 11 is 1.75. The number of hydrogen-bond acceptors (Lipinski definition) is 4. The van der Waals surface area contributed by atoms with Gasteiger partial charge in [-0.25, -0.2) is 9.97 Å². The van der Waals surface area contributed by atoms with Gasteiger partial charge in [-0.15, -0.1) is 11.3 Å². The van der Waals surface area contributed by atoms with Gasteiger partial charge in [0.2, 0.25) is 5.95 Å². The molecule has 0 unspecified atom stereocenters. The van der Waals surface area contributed by atoms with Crippen LogP contribution in [0.5, 0.6) is 0 Å². The van der Waals surface area contributed by atoms with E-state index >= 15 is 4.79 Å². The molecule has 0 N–H and O–H groups in total. The van der Waals surface area contributed by atoms with Crippen LogP contribution in [-0.2, 0) is 0 Å². The summed E-state index contributed by atoms with van der Waals surface area (Å²) in [5.74, 6) is 0.531. The molecule has 0 atom stereocenters. The Balaban J connectivity index is 1.47. The van der Waals surface area contributed by atoms with Gasteiger partial charge in [-0.1, -0.05) is 103 Å². The summed E-state index contributed by atoms with van der Waals surface area (Å²) in [7, 11) is 0. The second-order valence-electron chi connectivity index (χ2n) is 11.7. The van der Waals surface area contributed by atoms with Crippen molar-refractivity contribution in [2.45, 2.75) is 0 Å². The molecule has 0 saturated carbocycles. The lowest BCUT2D eigenvalue weighted by Gasteiger charge is -2.14. The van der Waals surface area contributed by atoms with Gasteiger partial charge in [0.05, 0.1) is 33.1 Å². The Kier molecular flexibility index (Phi) is 5.53. The van der Waals surface area contributed by atoms with Crippen molar-refractivity contribution in [2.75, 3.05) is 0 Å². The molecule has 0 bridgehead atoms. The number of nitrogens with zero attached hydrogens (tertiary/aromatic N) is 4. The number of thiophene rings is 1. The van der Waals surface area contributed by atoms with Crippen LogP contribution in [0, 0.1) is 0 Å². The van der Waals surface area contributed by atoms with Crippen LogP contribution in [0.2, 0.25) is 0 Å². The van der Waals surface area contributed by atoms with Crippen molar-refractivity contribution in [3.8, 4) is 22.9 Å². The van der Waals surface area contributed by atoms with Gasteiger partial charge in [-0.2, -0.15) is 0 Å². The molecule has 10 rings (SSSR count). The molecule has 0 spiro atoms. The van der Waals surface area contributed by atoms with E-state index in [-0.39, 0.29) is 5.56 Å². The van der Waals surface area contributed by atoms with Gasteiger partial charge in [-0.3, -0.25) is 13.9 Å². The number of pyridine rings is 1. The van der Waals surface area contributed by atoms with Crippen molar-refractivity contribution in [1.29, 1.82) is 0 Å². The minimum Gasteiger partial charge on any atom is -0.277 e. The summed E-state index contributed by atoms with van der Waals surface area (Å²) in [6.07, 6.45) is 0. The van der Waals surface area contributed by atoms with Crippen molar-refractivity contribution >= 4 is 75.1 Å². The zero-order valence-electron chi connectivity index (χ0n) is 25.0. The molecule has 0 radical (unpaired) electrons. The zero-order chi connectivity index (χ0) is 31.1. The Bertz CT molecular complexity index is 2920. The molecule has 4 heterocycles. The Morgan fingerprint density at radius 2 is 1.17 bits per heavy atom. The van der Waals surface area contributed by atoms with E-state index < -0.39 is 0 Å². The third-order valence-corrected chi connectivity index (χ3v) is 10.3. The van der Waals surface area contributed by atoms with E-state index in [9.17, 15) is 0 Å². The molecule has 0 saturated heterocycles. The SMILES string of the molecule is O=c1c2c3c4c(ccc3n(-c3nc(-c5ccccc5)c5ccccc5n3)c2c2ccccc2n1-c1ccccc1)sc1ccccc14. The van der Waals surface area contributed by atoms with Gasteiger partial charge in [0.1, 0.15) is 0 Å². The minimum absolute atomic E-state index is 0.0690. The molecule has 10 aromatic rings. The van der Waals surface area contributed by atoms with Crippen LogP contribution in [0.4, 0.5) is 0 Å². The molecule has 6 heteroatoms. The number of rotatable bonds is 3. The molecule has 6 aromatic carbocycles. The van der Waals surface area contributed by atoms with Crippen molar-refractivity contribution in [3.05, 3.63) is 156 Å². The second-order valence-corrected chi connectivity index (χ2v) is 12.8. The van der Waals surface area contributed by atoms with Crippen molar-refractivity contribution < 1.29 is 0 Å². The third kappa shape index (κ3) is 3.73. The molecule has 5 nitrogen and oxygen atoms in total. The normalized spacial score (nSPS) is 11.9. The van der Waals surface area contributed by atoms with Crippen LogP contribution < -0.4 is 5.56 Å². The topological polar surface area (TPSA) is 52.7 Å². The van der Waals surface area contributed by atoms with E-state index in [1.165, 1.54) is 4.70 Å². The molecule has 4 aromatic heterocycles. The predicted molar refractivity (Wildman–Crippen MR) is 195 cm³/mol. The molecule has 0 aliphatic rings. The Hall–Kier alpha value is -6.11. The molecule has 0 fully saturated rings. The lowest BCUT2D eigenvalue weighted by atomic mass is 10.0. The highest BCUT2D eigenvalue weighted by molar-refractivity contribution is 7.26. The van der Waals surface area contributed by atoms with Crippen molar-refractivity contribution in [2.24, 2.45) is 0 Å². The van der Waals surface area contributed by atoms with Crippen LogP contribution in [-0.4, -0.2) is 19.1 Å². The van der Waals surface area contributed by atoms with Crippen LogP contribution in [0.25, 0.3) is 86.7 Å². The minimum atomic E-state index is -0.0690. The summed E-state index contributed by atoms with van der Waals surface area (Å²) in [6.45, 7) is 0. The second kappa shape index (κ2) is 9.94. The molecule has 0 aliphatic carbocycles. The third-order valence-electron chi connectivity index (χ3n) is 9.14. The Labute approximate surface area is 272 Å². The highest BCUT2D eigenvalue weighted by Gasteiger charge is 2.25.